The number of anilines is 4. The van der Waals surface area contributed by atoms with Crippen LogP contribution in [-0.2, 0) is 11.8 Å². The molecular weight excluding hydrogens is 496 g/mol. The van der Waals surface area contributed by atoms with Gasteiger partial charge < -0.3 is 25.2 Å². The largest absolute Gasteiger partial charge is 0.494 e. The summed E-state index contributed by atoms with van der Waals surface area (Å²) in [5.74, 6) is 0.875. The molecule has 2 heterocycles. The number of hydrogen-bond donors (Lipinski definition) is 2. The molecular formula is C28H36N8O3. The maximum absolute atomic E-state index is 13.0. The smallest absolute Gasteiger partial charge is 0.334 e. The standard InChI is InChI=1S/C27H32N8O3.CH4/c1-7-25(36)29-18-16-19(23(38-6)17-22(18)33(4)15-14-32(2)3)30-26-28-13-12-24(31-26)35-21-11-9-8-10-20(21)34(5)27(35)37;/h7-13,16-17H,1,14-15H2,2-6H3,(H,29,36)(H,28,30,31);1H4. The third-order valence-corrected chi connectivity index (χ3v) is 6.13. The van der Waals surface area contributed by atoms with Gasteiger partial charge in [0, 0.05) is 45.5 Å². The van der Waals surface area contributed by atoms with E-state index in [-0.39, 0.29) is 25.0 Å². The van der Waals surface area contributed by atoms with Crippen LogP contribution in [0.25, 0.3) is 16.9 Å². The maximum Gasteiger partial charge on any atom is 0.334 e. The molecule has 11 nitrogen and oxygen atoms in total. The summed E-state index contributed by atoms with van der Waals surface area (Å²) < 4.78 is 8.79. The second-order valence-electron chi connectivity index (χ2n) is 9.02. The zero-order valence-electron chi connectivity index (χ0n) is 22.2. The molecule has 2 aromatic carbocycles. The number of ether oxygens (including phenoxy) is 1. The molecule has 0 spiro atoms. The number of methoxy groups -OCH3 is 1. The van der Waals surface area contributed by atoms with Gasteiger partial charge in [0.1, 0.15) is 11.6 Å². The Labute approximate surface area is 228 Å². The number of carbonyl (C=O) groups is 1. The minimum Gasteiger partial charge on any atom is -0.494 e. The van der Waals surface area contributed by atoms with Crippen molar-refractivity contribution in [1.82, 2.24) is 24.0 Å². The van der Waals surface area contributed by atoms with Gasteiger partial charge in [0.05, 0.1) is 35.2 Å². The average molecular weight is 533 g/mol. The summed E-state index contributed by atoms with van der Waals surface area (Å²) >= 11 is 0. The van der Waals surface area contributed by atoms with Gasteiger partial charge in [-0.1, -0.05) is 26.1 Å². The van der Waals surface area contributed by atoms with Crippen LogP contribution in [0, 0.1) is 0 Å². The number of aryl methyl sites for hydroxylation is 1. The van der Waals surface area contributed by atoms with Gasteiger partial charge in [0.25, 0.3) is 0 Å². The fourth-order valence-electron chi connectivity index (χ4n) is 4.07. The minimum atomic E-state index is -0.336. The third kappa shape index (κ3) is 6.10. The van der Waals surface area contributed by atoms with Crippen LogP contribution < -0.4 is 26.0 Å². The first-order chi connectivity index (χ1) is 18.2. The molecule has 0 unspecified atom stereocenters. The molecule has 2 aromatic heterocycles. The Balaban J connectivity index is 0.00000420. The molecule has 0 radical (unpaired) electrons. The first kappa shape index (κ1) is 28.9. The highest BCUT2D eigenvalue weighted by Crippen LogP contribution is 2.38. The van der Waals surface area contributed by atoms with Crippen molar-refractivity contribution in [1.29, 1.82) is 0 Å². The molecule has 4 aromatic rings. The summed E-state index contributed by atoms with van der Waals surface area (Å²) in [7, 11) is 9.25. The molecule has 11 heteroatoms. The number of para-hydroxylation sites is 2. The van der Waals surface area contributed by atoms with E-state index >= 15 is 0 Å². The number of nitrogens with zero attached hydrogens (tertiary/aromatic N) is 6. The topological polar surface area (TPSA) is 110 Å². The second kappa shape index (κ2) is 12.3. The lowest BCUT2D eigenvalue weighted by atomic mass is 10.2. The van der Waals surface area contributed by atoms with Gasteiger partial charge in [0.2, 0.25) is 11.9 Å². The van der Waals surface area contributed by atoms with E-state index in [1.165, 1.54) is 10.6 Å². The van der Waals surface area contributed by atoms with Gasteiger partial charge in [-0.05, 0) is 38.4 Å². The van der Waals surface area contributed by atoms with E-state index in [0.717, 1.165) is 29.8 Å². The van der Waals surface area contributed by atoms with Crippen LogP contribution in [-0.4, -0.2) is 71.3 Å². The summed E-state index contributed by atoms with van der Waals surface area (Å²) in [4.78, 5) is 38.3. The molecule has 1 amide bonds. The Morgan fingerprint density at radius 3 is 2.49 bits per heavy atom. The summed E-state index contributed by atoms with van der Waals surface area (Å²) in [5, 5.41) is 6.06. The highest BCUT2D eigenvalue weighted by Gasteiger charge is 2.18. The normalized spacial score (nSPS) is 10.7. The predicted octanol–water partition coefficient (Wildman–Crippen LogP) is 3.63. The van der Waals surface area contributed by atoms with Crippen molar-refractivity contribution in [2.75, 3.05) is 56.9 Å². The molecule has 0 saturated carbocycles. The summed E-state index contributed by atoms with van der Waals surface area (Å²) in [5.41, 5.74) is 3.21. The van der Waals surface area contributed by atoms with Gasteiger partial charge in [0.15, 0.2) is 0 Å². The second-order valence-corrected chi connectivity index (χ2v) is 9.02. The molecule has 0 aliphatic carbocycles. The van der Waals surface area contributed by atoms with Crippen molar-refractivity contribution in [2.45, 2.75) is 7.43 Å². The van der Waals surface area contributed by atoms with Crippen LogP contribution in [0.5, 0.6) is 5.75 Å². The Bertz CT molecular complexity index is 1540. The van der Waals surface area contributed by atoms with E-state index in [2.05, 4.69) is 32.1 Å². The molecule has 4 rings (SSSR count). The highest BCUT2D eigenvalue weighted by atomic mass is 16.5. The number of rotatable bonds is 10. The minimum absolute atomic E-state index is 0. The number of nitrogens with one attached hydrogen (secondary N) is 2. The van der Waals surface area contributed by atoms with Gasteiger partial charge in [-0.15, -0.1) is 0 Å². The van der Waals surface area contributed by atoms with Crippen LogP contribution in [0.3, 0.4) is 0 Å². The first-order valence-corrected chi connectivity index (χ1v) is 12.0. The van der Waals surface area contributed by atoms with Crippen molar-refractivity contribution in [3.05, 3.63) is 71.8 Å². The van der Waals surface area contributed by atoms with E-state index in [1.807, 2.05) is 56.4 Å². The summed E-state index contributed by atoms with van der Waals surface area (Å²) in [6.45, 7) is 5.11. The third-order valence-electron chi connectivity index (χ3n) is 6.13. The van der Waals surface area contributed by atoms with Crippen LogP contribution in [0.1, 0.15) is 7.43 Å². The summed E-state index contributed by atoms with van der Waals surface area (Å²) in [6.07, 6.45) is 2.80. The number of fused-ring (bicyclic) bond motifs is 1. The van der Waals surface area contributed by atoms with Crippen molar-refractivity contribution >= 4 is 40.0 Å². The van der Waals surface area contributed by atoms with Crippen molar-refractivity contribution in [3.63, 3.8) is 0 Å². The van der Waals surface area contributed by atoms with E-state index in [4.69, 9.17) is 4.74 Å². The zero-order valence-corrected chi connectivity index (χ0v) is 22.2. The SMILES string of the molecule is C.C=CC(=O)Nc1cc(Nc2nccc(-n3c(=O)n(C)c4ccccc43)n2)c(OC)cc1N(C)CCN(C)C. The average Bonchev–Trinajstić information content (AvgIpc) is 3.17. The first-order valence-electron chi connectivity index (χ1n) is 12.0. The van der Waals surface area contributed by atoms with Gasteiger partial charge in [-0.3, -0.25) is 9.36 Å². The van der Waals surface area contributed by atoms with Crippen LogP contribution in [0.15, 0.2) is 66.1 Å². The van der Waals surface area contributed by atoms with E-state index < -0.39 is 0 Å². The van der Waals surface area contributed by atoms with Gasteiger partial charge >= 0.3 is 5.69 Å². The predicted molar refractivity (Wildman–Crippen MR) is 158 cm³/mol. The number of amides is 1. The Morgan fingerprint density at radius 2 is 1.82 bits per heavy atom. The molecule has 0 aliphatic heterocycles. The molecule has 0 saturated heterocycles. The van der Waals surface area contributed by atoms with Crippen molar-refractivity contribution < 1.29 is 9.53 Å². The van der Waals surface area contributed by atoms with Crippen molar-refractivity contribution in [2.24, 2.45) is 7.05 Å². The molecule has 39 heavy (non-hydrogen) atoms. The maximum atomic E-state index is 13.0. The molecule has 206 valence electrons. The summed E-state index contributed by atoms with van der Waals surface area (Å²) in [6, 6.07) is 12.8. The Hall–Kier alpha value is -4.64. The van der Waals surface area contributed by atoms with E-state index in [0.29, 0.717) is 22.9 Å². The molecule has 2 N–H and O–H groups in total. The Kier molecular flexibility index (Phi) is 9.10. The lowest BCUT2D eigenvalue weighted by Crippen LogP contribution is -2.29. The molecule has 0 atom stereocenters. The number of hydrogen-bond acceptors (Lipinski definition) is 8. The molecule has 0 aliphatic rings. The van der Waals surface area contributed by atoms with E-state index in [9.17, 15) is 9.59 Å². The molecule has 0 fully saturated rings. The Morgan fingerprint density at radius 1 is 1.10 bits per heavy atom. The quantitative estimate of drug-likeness (QED) is 0.298. The number of aromatic nitrogens is 4. The van der Waals surface area contributed by atoms with Gasteiger partial charge in [-0.2, -0.15) is 4.98 Å². The van der Waals surface area contributed by atoms with Gasteiger partial charge in [-0.25, -0.2) is 14.3 Å². The molecule has 0 bridgehead atoms. The number of carbonyl (C=O) groups excluding carboxylic acids is 1. The van der Waals surface area contributed by atoms with Crippen LogP contribution in [0.4, 0.5) is 23.0 Å². The zero-order chi connectivity index (χ0) is 27.4. The van der Waals surface area contributed by atoms with E-state index in [1.54, 1.807) is 37.1 Å². The lowest BCUT2D eigenvalue weighted by molar-refractivity contribution is -0.111. The fraction of sp³-hybridized carbons (Fsp3) is 0.286. The number of benzene rings is 2. The number of likely N-dealkylation sites (N-methyl/N-ethyl adjacent to an activating group) is 2. The number of imidazole rings is 1. The van der Waals surface area contributed by atoms with Crippen LogP contribution in [0.2, 0.25) is 0 Å². The van der Waals surface area contributed by atoms with Crippen LogP contribution >= 0.6 is 0 Å². The van der Waals surface area contributed by atoms with Crippen molar-refractivity contribution in [3.8, 4) is 11.6 Å². The lowest BCUT2D eigenvalue weighted by Gasteiger charge is -2.26. The monoisotopic (exact) mass is 532 g/mol. The highest BCUT2D eigenvalue weighted by molar-refractivity contribution is 6.02. The fourth-order valence-corrected chi connectivity index (χ4v) is 4.07.